The molecule has 0 atom stereocenters. The minimum atomic E-state index is -4.01. The molecule has 5 rings (SSSR count). The van der Waals surface area contributed by atoms with Crippen LogP contribution in [0.2, 0.25) is 0 Å². The van der Waals surface area contributed by atoms with Gasteiger partial charge in [-0.2, -0.15) is 0 Å². The molecule has 0 saturated heterocycles. The predicted octanol–water partition coefficient (Wildman–Crippen LogP) is 5.75. The Morgan fingerprint density at radius 2 is 1.70 bits per heavy atom. The largest absolute Gasteiger partial charge is 0.476 e. The SMILES string of the molecule is Cc1ccc2cccnc2c1S(=O)(=O)Nc1ccc(Br)cc1C#Cc1cnc(C(=O)O)c2ccccc12. The fourth-order valence-electron chi connectivity index (χ4n) is 4.06. The lowest BCUT2D eigenvalue weighted by Gasteiger charge is -2.14. The number of aromatic carboxylic acids is 1. The average molecular weight is 572 g/mol. The Hall–Kier alpha value is -4.26. The molecule has 9 heteroatoms. The van der Waals surface area contributed by atoms with Crippen molar-refractivity contribution in [3.8, 4) is 11.8 Å². The van der Waals surface area contributed by atoms with Crippen LogP contribution in [0, 0.1) is 18.8 Å². The van der Waals surface area contributed by atoms with Crippen LogP contribution in [0.5, 0.6) is 0 Å². The molecule has 0 amide bonds. The van der Waals surface area contributed by atoms with Gasteiger partial charge in [0.1, 0.15) is 4.90 Å². The molecule has 0 bridgehead atoms. The lowest BCUT2D eigenvalue weighted by atomic mass is 10.0. The number of rotatable bonds is 4. The summed E-state index contributed by atoms with van der Waals surface area (Å²) in [5.74, 6) is 4.93. The lowest BCUT2D eigenvalue weighted by molar-refractivity contribution is 0.0693. The van der Waals surface area contributed by atoms with Crippen LogP contribution >= 0.6 is 15.9 Å². The van der Waals surface area contributed by atoms with Gasteiger partial charge in [-0.15, -0.1) is 0 Å². The van der Waals surface area contributed by atoms with Crippen molar-refractivity contribution in [3.63, 3.8) is 0 Å². The summed E-state index contributed by atoms with van der Waals surface area (Å²) in [7, 11) is -4.01. The van der Waals surface area contributed by atoms with E-state index in [1.54, 1.807) is 67.7 Å². The highest BCUT2D eigenvalue weighted by Gasteiger charge is 2.22. The van der Waals surface area contributed by atoms with E-state index < -0.39 is 16.0 Å². The van der Waals surface area contributed by atoms with Gasteiger partial charge in [0, 0.05) is 33.0 Å². The second kappa shape index (κ2) is 9.65. The van der Waals surface area contributed by atoms with Crippen LogP contribution in [0.25, 0.3) is 21.7 Å². The third kappa shape index (κ3) is 4.77. The third-order valence-corrected chi connectivity index (χ3v) is 7.78. The smallest absolute Gasteiger partial charge is 0.355 e. The van der Waals surface area contributed by atoms with E-state index in [1.807, 2.05) is 12.1 Å². The maximum atomic E-state index is 13.5. The second-order valence-corrected chi connectivity index (χ2v) is 10.7. The van der Waals surface area contributed by atoms with Gasteiger partial charge in [0.05, 0.1) is 22.3 Å². The monoisotopic (exact) mass is 571 g/mol. The molecule has 0 spiro atoms. The van der Waals surface area contributed by atoms with Crippen LogP contribution in [0.1, 0.15) is 27.2 Å². The molecule has 2 aromatic heterocycles. The number of halogens is 1. The molecule has 0 aliphatic heterocycles. The molecule has 0 saturated carbocycles. The number of carboxylic acids is 1. The number of hydrogen-bond acceptors (Lipinski definition) is 5. The standard InChI is InChI=1S/C28H18BrN3O4S/c1-17-8-9-18-5-4-14-30-25(18)27(17)37(35,36)32-24-13-12-21(29)15-19(24)10-11-20-16-31-26(28(33)34)23-7-3-2-6-22(20)23/h2-9,12-16,32H,1H3,(H,33,34). The van der Waals surface area contributed by atoms with E-state index in [4.69, 9.17) is 0 Å². The molecule has 182 valence electrons. The van der Waals surface area contributed by atoms with E-state index in [0.29, 0.717) is 48.5 Å². The van der Waals surface area contributed by atoms with Crippen molar-refractivity contribution in [2.24, 2.45) is 0 Å². The van der Waals surface area contributed by atoms with E-state index in [0.717, 1.165) is 0 Å². The summed E-state index contributed by atoms with van der Waals surface area (Å²) in [6.45, 7) is 1.73. The number of nitrogens with zero attached hydrogens (tertiary/aromatic N) is 2. The molecule has 5 aromatic rings. The summed E-state index contributed by atoms with van der Waals surface area (Å²) < 4.78 is 30.5. The van der Waals surface area contributed by atoms with E-state index in [9.17, 15) is 18.3 Å². The molecule has 3 aromatic carbocycles. The number of pyridine rings is 2. The summed E-state index contributed by atoms with van der Waals surface area (Å²) >= 11 is 3.42. The van der Waals surface area contributed by atoms with Crippen LogP contribution in [-0.2, 0) is 10.0 Å². The normalized spacial score (nSPS) is 11.2. The number of benzene rings is 3. The third-order valence-electron chi connectivity index (χ3n) is 5.75. The minimum absolute atomic E-state index is 0.0591. The maximum absolute atomic E-state index is 13.5. The zero-order valence-electron chi connectivity index (χ0n) is 19.4. The van der Waals surface area contributed by atoms with Gasteiger partial charge in [-0.25, -0.2) is 18.2 Å². The van der Waals surface area contributed by atoms with Gasteiger partial charge in [-0.3, -0.25) is 9.71 Å². The number of anilines is 1. The minimum Gasteiger partial charge on any atom is -0.476 e. The predicted molar refractivity (Wildman–Crippen MR) is 146 cm³/mol. The van der Waals surface area contributed by atoms with Crippen LogP contribution < -0.4 is 4.72 Å². The summed E-state index contributed by atoms with van der Waals surface area (Å²) in [5, 5.41) is 11.3. The van der Waals surface area contributed by atoms with Gasteiger partial charge in [0.2, 0.25) is 0 Å². The van der Waals surface area contributed by atoms with Gasteiger partial charge in [0.15, 0.2) is 5.69 Å². The average Bonchev–Trinajstić information content (AvgIpc) is 2.88. The van der Waals surface area contributed by atoms with Crippen LogP contribution in [0.3, 0.4) is 0 Å². The highest BCUT2D eigenvalue weighted by Crippen LogP contribution is 2.29. The zero-order valence-corrected chi connectivity index (χ0v) is 21.8. The molecular formula is C28H18BrN3O4S. The first-order valence-corrected chi connectivity index (χ1v) is 13.3. The first-order chi connectivity index (χ1) is 17.7. The number of aromatic nitrogens is 2. The Bertz CT molecular complexity index is 1890. The second-order valence-electron chi connectivity index (χ2n) is 8.20. The Morgan fingerprint density at radius 3 is 2.49 bits per heavy atom. The fraction of sp³-hybridized carbons (Fsp3) is 0.0357. The van der Waals surface area contributed by atoms with Crippen molar-refractivity contribution in [2.45, 2.75) is 11.8 Å². The Labute approximate surface area is 221 Å². The molecule has 0 aliphatic rings. The zero-order chi connectivity index (χ0) is 26.2. The molecule has 37 heavy (non-hydrogen) atoms. The van der Waals surface area contributed by atoms with E-state index in [1.165, 1.54) is 6.20 Å². The molecular weight excluding hydrogens is 554 g/mol. The number of carbonyl (C=O) groups is 1. The Kier molecular flexibility index (Phi) is 6.38. The van der Waals surface area contributed by atoms with Gasteiger partial charge >= 0.3 is 5.97 Å². The fourth-order valence-corrected chi connectivity index (χ4v) is 5.91. The van der Waals surface area contributed by atoms with Gasteiger partial charge in [-0.05, 0) is 36.8 Å². The van der Waals surface area contributed by atoms with Crippen molar-refractivity contribution in [3.05, 3.63) is 106 Å². The van der Waals surface area contributed by atoms with Gasteiger partial charge in [-0.1, -0.05) is 70.2 Å². The quantitative estimate of drug-likeness (QED) is 0.266. The maximum Gasteiger partial charge on any atom is 0.355 e. The number of fused-ring (bicyclic) bond motifs is 2. The molecule has 2 N–H and O–H groups in total. The van der Waals surface area contributed by atoms with Crippen molar-refractivity contribution in [1.29, 1.82) is 0 Å². The van der Waals surface area contributed by atoms with Crippen LogP contribution in [0.4, 0.5) is 5.69 Å². The number of sulfonamides is 1. The number of hydrogen-bond donors (Lipinski definition) is 2. The first-order valence-electron chi connectivity index (χ1n) is 11.0. The summed E-state index contributed by atoms with van der Waals surface area (Å²) in [5.41, 5.74) is 2.13. The highest BCUT2D eigenvalue weighted by molar-refractivity contribution is 9.10. The highest BCUT2D eigenvalue weighted by atomic mass is 79.9. The van der Waals surface area contributed by atoms with Crippen molar-refractivity contribution in [1.82, 2.24) is 9.97 Å². The van der Waals surface area contributed by atoms with Crippen molar-refractivity contribution >= 4 is 59.3 Å². The molecule has 7 nitrogen and oxygen atoms in total. The number of nitrogens with one attached hydrogen (secondary N) is 1. The first kappa shape index (κ1) is 24.4. The summed E-state index contributed by atoms with van der Waals surface area (Å²) in [6, 6.07) is 19.2. The summed E-state index contributed by atoms with van der Waals surface area (Å²) in [6.07, 6.45) is 2.97. The van der Waals surface area contributed by atoms with Gasteiger partial charge in [0.25, 0.3) is 10.0 Å². The summed E-state index contributed by atoms with van der Waals surface area (Å²) in [4.78, 5) is 20.0. The van der Waals surface area contributed by atoms with Crippen LogP contribution in [-0.4, -0.2) is 29.5 Å². The molecule has 0 unspecified atom stereocenters. The number of aryl methyl sites for hydroxylation is 1. The molecule has 0 radical (unpaired) electrons. The lowest BCUT2D eigenvalue weighted by Crippen LogP contribution is -2.16. The van der Waals surface area contributed by atoms with Crippen molar-refractivity contribution in [2.75, 3.05) is 4.72 Å². The Balaban J connectivity index is 1.60. The van der Waals surface area contributed by atoms with Crippen molar-refractivity contribution < 1.29 is 18.3 Å². The van der Waals surface area contributed by atoms with E-state index in [-0.39, 0.29) is 10.6 Å². The molecule has 0 aliphatic carbocycles. The van der Waals surface area contributed by atoms with Gasteiger partial charge < -0.3 is 5.11 Å². The number of carboxylic acid groups (broad SMARTS) is 1. The topological polar surface area (TPSA) is 109 Å². The molecule has 0 fully saturated rings. The Morgan fingerprint density at radius 1 is 0.946 bits per heavy atom. The van der Waals surface area contributed by atoms with Crippen LogP contribution in [0.15, 0.2) is 88.5 Å². The molecule has 2 heterocycles. The van der Waals surface area contributed by atoms with E-state index in [2.05, 4.69) is 42.5 Å². The van der Waals surface area contributed by atoms with E-state index >= 15 is 0 Å².